The molecule has 3 rings (SSSR count). The molecule has 2 heteroatoms. The summed E-state index contributed by atoms with van der Waals surface area (Å²) in [5.41, 5.74) is 1.35. The largest absolute Gasteiger partial charge is 0.496 e. The van der Waals surface area contributed by atoms with Crippen molar-refractivity contribution in [3.63, 3.8) is 0 Å². The van der Waals surface area contributed by atoms with Crippen LogP contribution >= 0.6 is 0 Å². The van der Waals surface area contributed by atoms with Gasteiger partial charge in [0.15, 0.2) is 0 Å². The summed E-state index contributed by atoms with van der Waals surface area (Å²) < 4.78 is 5.40. The van der Waals surface area contributed by atoms with E-state index in [-0.39, 0.29) is 0 Å². The molecule has 0 spiro atoms. The van der Waals surface area contributed by atoms with Crippen LogP contribution in [0, 0.1) is 11.8 Å². The van der Waals surface area contributed by atoms with Gasteiger partial charge in [0.25, 0.3) is 0 Å². The minimum atomic E-state index is 0.915. The van der Waals surface area contributed by atoms with Gasteiger partial charge in [-0.15, -0.1) is 0 Å². The number of hydrogen-bond acceptors (Lipinski definition) is 1. The zero-order valence-corrected chi connectivity index (χ0v) is 11.3. The second-order valence-corrected chi connectivity index (χ2v) is 5.92. The molecule has 0 radical (unpaired) electrons. The van der Waals surface area contributed by atoms with Crippen molar-refractivity contribution in [3.05, 3.63) is 29.8 Å². The maximum Gasteiger partial charge on any atom is 0.122 e. The van der Waals surface area contributed by atoms with Crippen LogP contribution in [0.25, 0.3) is 0 Å². The van der Waals surface area contributed by atoms with Crippen LogP contribution in [0.15, 0.2) is 24.3 Å². The van der Waals surface area contributed by atoms with E-state index in [1.54, 1.807) is 7.11 Å². The molecule has 0 amide bonds. The average Bonchev–Trinajstić information content (AvgIpc) is 3.02. The average molecular weight is 246 g/mol. The number of ether oxygens (including phenoxy) is 1. The third-order valence-electron chi connectivity index (χ3n) is 4.87. The number of quaternary nitrogens is 1. The Morgan fingerprint density at radius 2 is 2.11 bits per heavy atom. The van der Waals surface area contributed by atoms with Crippen molar-refractivity contribution in [3.8, 4) is 5.75 Å². The number of nitrogens with two attached hydrogens (primary N) is 1. The molecule has 0 unspecified atom stereocenters. The van der Waals surface area contributed by atoms with Gasteiger partial charge in [0.1, 0.15) is 5.75 Å². The third kappa shape index (κ3) is 2.39. The fourth-order valence-electron chi connectivity index (χ4n) is 3.95. The number of methoxy groups -OCH3 is 1. The predicted octanol–water partition coefficient (Wildman–Crippen LogP) is 1.99. The van der Waals surface area contributed by atoms with Crippen molar-refractivity contribution in [2.45, 2.75) is 38.1 Å². The summed E-state index contributed by atoms with van der Waals surface area (Å²) in [6.45, 7) is 1.20. The molecule has 2 N–H and O–H groups in total. The molecular formula is C16H24NO+. The smallest absolute Gasteiger partial charge is 0.122 e. The molecule has 2 nitrogen and oxygen atoms in total. The van der Waals surface area contributed by atoms with Crippen molar-refractivity contribution in [2.24, 2.45) is 11.8 Å². The lowest BCUT2D eigenvalue weighted by molar-refractivity contribution is -0.694. The Balaban J connectivity index is 1.50. The van der Waals surface area contributed by atoms with E-state index in [0.29, 0.717) is 0 Å². The molecule has 3 atom stereocenters. The molecule has 0 aromatic heterocycles. The first-order valence-corrected chi connectivity index (χ1v) is 7.32. The van der Waals surface area contributed by atoms with Gasteiger partial charge in [0.2, 0.25) is 0 Å². The van der Waals surface area contributed by atoms with Crippen LogP contribution in [0.5, 0.6) is 5.75 Å². The van der Waals surface area contributed by atoms with Crippen LogP contribution in [0.1, 0.15) is 31.2 Å². The number of fused-ring (bicyclic) bond motifs is 2. The van der Waals surface area contributed by atoms with Gasteiger partial charge in [-0.2, -0.15) is 0 Å². The van der Waals surface area contributed by atoms with Crippen LogP contribution in [0.4, 0.5) is 0 Å². The van der Waals surface area contributed by atoms with Crippen molar-refractivity contribution in [1.29, 1.82) is 0 Å². The van der Waals surface area contributed by atoms with E-state index >= 15 is 0 Å². The van der Waals surface area contributed by atoms with E-state index in [4.69, 9.17) is 4.74 Å². The maximum atomic E-state index is 5.40. The minimum Gasteiger partial charge on any atom is -0.496 e. The summed E-state index contributed by atoms with van der Waals surface area (Å²) in [5.74, 6) is 3.12. The van der Waals surface area contributed by atoms with Gasteiger partial charge in [0.05, 0.1) is 19.7 Å². The number of hydrogen-bond donors (Lipinski definition) is 1. The van der Waals surface area contributed by atoms with Gasteiger partial charge in [-0.25, -0.2) is 0 Å². The Morgan fingerprint density at radius 1 is 1.22 bits per heavy atom. The second kappa shape index (κ2) is 5.31. The summed E-state index contributed by atoms with van der Waals surface area (Å²) in [6, 6.07) is 9.32. The highest BCUT2D eigenvalue weighted by Gasteiger charge is 2.41. The lowest BCUT2D eigenvalue weighted by Crippen LogP contribution is -2.91. The monoisotopic (exact) mass is 246 g/mol. The van der Waals surface area contributed by atoms with Crippen LogP contribution in [0.3, 0.4) is 0 Å². The lowest BCUT2D eigenvalue weighted by atomic mass is 9.95. The molecule has 2 aliphatic carbocycles. The maximum absolute atomic E-state index is 5.40. The molecule has 2 bridgehead atoms. The van der Waals surface area contributed by atoms with E-state index in [2.05, 4.69) is 23.5 Å². The van der Waals surface area contributed by atoms with E-state index in [0.717, 1.165) is 30.0 Å². The van der Waals surface area contributed by atoms with E-state index in [1.165, 1.54) is 37.8 Å². The molecule has 1 aromatic rings. The Labute approximate surface area is 110 Å². The zero-order valence-electron chi connectivity index (χ0n) is 11.3. The van der Waals surface area contributed by atoms with E-state index in [1.807, 2.05) is 6.07 Å². The van der Waals surface area contributed by atoms with Crippen molar-refractivity contribution in [2.75, 3.05) is 13.7 Å². The minimum absolute atomic E-state index is 0.915. The van der Waals surface area contributed by atoms with Crippen LogP contribution in [-0.4, -0.2) is 19.7 Å². The van der Waals surface area contributed by atoms with Crippen LogP contribution < -0.4 is 10.1 Å². The molecule has 0 heterocycles. The number of benzene rings is 1. The van der Waals surface area contributed by atoms with Gasteiger partial charge in [-0.1, -0.05) is 18.2 Å². The molecule has 98 valence electrons. The molecule has 2 aliphatic rings. The molecule has 0 saturated heterocycles. The Hall–Kier alpha value is -1.02. The van der Waals surface area contributed by atoms with Gasteiger partial charge in [-0.3, -0.25) is 0 Å². The second-order valence-electron chi connectivity index (χ2n) is 5.92. The summed E-state index contributed by atoms with van der Waals surface area (Å²) in [5, 5.41) is 2.59. The summed E-state index contributed by atoms with van der Waals surface area (Å²) in [4.78, 5) is 0. The van der Waals surface area contributed by atoms with Crippen molar-refractivity contribution in [1.82, 2.24) is 0 Å². The van der Waals surface area contributed by atoms with Gasteiger partial charge in [0, 0.05) is 18.8 Å². The summed E-state index contributed by atoms with van der Waals surface area (Å²) >= 11 is 0. The SMILES string of the molecule is COc1ccccc1CC[NH2+][C@H]1C[C@H]2CC[C@@H]1C2. The van der Waals surface area contributed by atoms with Crippen LogP contribution in [0.2, 0.25) is 0 Å². The molecule has 2 saturated carbocycles. The number of para-hydroxylation sites is 1. The quantitative estimate of drug-likeness (QED) is 0.845. The Kier molecular flexibility index (Phi) is 3.55. The van der Waals surface area contributed by atoms with E-state index < -0.39 is 0 Å². The Morgan fingerprint density at radius 3 is 2.83 bits per heavy atom. The first-order chi connectivity index (χ1) is 8.86. The zero-order chi connectivity index (χ0) is 12.4. The highest BCUT2D eigenvalue weighted by atomic mass is 16.5. The summed E-state index contributed by atoms with van der Waals surface area (Å²) in [6.07, 6.45) is 7.09. The fraction of sp³-hybridized carbons (Fsp3) is 0.625. The first-order valence-electron chi connectivity index (χ1n) is 7.32. The molecule has 2 fully saturated rings. The summed E-state index contributed by atoms with van der Waals surface area (Å²) in [7, 11) is 1.76. The Bertz CT molecular complexity index is 404. The fourth-order valence-corrected chi connectivity index (χ4v) is 3.95. The normalized spacial score (nSPS) is 29.7. The molecule has 0 aliphatic heterocycles. The highest BCUT2D eigenvalue weighted by Crippen LogP contribution is 2.42. The van der Waals surface area contributed by atoms with Gasteiger partial charge in [-0.05, 0) is 36.8 Å². The predicted molar refractivity (Wildman–Crippen MR) is 72.7 cm³/mol. The molecule has 18 heavy (non-hydrogen) atoms. The van der Waals surface area contributed by atoms with Crippen molar-refractivity contribution < 1.29 is 10.1 Å². The number of rotatable bonds is 5. The highest BCUT2D eigenvalue weighted by molar-refractivity contribution is 5.33. The van der Waals surface area contributed by atoms with E-state index in [9.17, 15) is 0 Å². The standard InChI is InChI=1S/C16H23NO/c1-18-16-5-3-2-4-13(16)8-9-17-15-11-12-6-7-14(15)10-12/h2-5,12,14-15,17H,6-11H2,1H3/p+1/t12-,14+,15-/m0/s1. The van der Waals surface area contributed by atoms with Crippen molar-refractivity contribution >= 4 is 0 Å². The van der Waals surface area contributed by atoms with Crippen LogP contribution in [-0.2, 0) is 6.42 Å². The molecular weight excluding hydrogens is 222 g/mol. The first kappa shape index (κ1) is 12.0. The molecule has 1 aromatic carbocycles. The topological polar surface area (TPSA) is 25.8 Å². The van der Waals surface area contributed by atoms with Gasteiger partial charge >= 0.3 is 0 Å². The van der Waals surface area contributed by atoms with Gasteiger partial charge < -0.3 is 10.1 Å². The third-order valence-corrected chi connectivity index (χ3v) is 4.87. The lowest BCUT2D eigenvalue weighted by Gasteiger charge is -2.20.